The van der Waals surface area contributed by atoms with Crippen molar-refractivity contribution in [2.24, 2.45) is 0 Å². The first-order valence-electron chi connectivity index (χ1n) is 9.18. The van der Waals surface area contributed by atoms with E-state index in [0.717, 1.165) is 17.3 Å². The Hall–Kier alpha value is -3.21. The van der Waals surface area contributed by atoms with Gasteiger partial charge in [0.15, 0.2) is 0 Å². The number of rotatable bonds is 7. The Morgan fingerprint density at radius 1 is 1.16 bits per heavy atom. The molecule has 0 unspecified atom stereocenters. The van der Waals surface area contributed by atoms with Gasteiger partial charge >= 0.3 is 5.97 Å². The van der Waals surface area contributed by atoms with E-state index in [4.69, 9.17) is 20.8 Å². The number of carbonyl (C=O) groups is 2. The van der Waals surface area contributed by atoms with Crippen LogP contribution in [0.2, 0.25) is 5.02 Å². The number of nitrogens with one attached hydrogen (secondary N) is 1. The Morgan fingerprint density at radius 3 is 2.69 bits per heavy atom. The van der Waals surface area contributed by atoms with Crippen LogP contribution in [0.5, 0.6) is 0 Å². The van der Waals surface area contributed by atoms with Crippen LogP contribution in [0, 0.1) is 0 Å². The number of halogens is 1. The molecule has 4 aromatic rings. The number of carbonyl (C=O) groups excluding carboxylic acids is 2. The van der Waals surface area contributed by atoms with Gasteiger partial charge in [0.2, 0.25) is 11.8 Å². The van der Waals surface area contributed by atoms with Gasteiger partial charge < -0.3 is 14.5 Å². The van der Waals surface area contributed by atoms with Crippen molar-refractivity contribution in [1.82, 2.24) is 15.2 Å². The van der Waals surface area contributed by atoms with Crippen molar-refractivity contribution in [3.05, 3.63) is 64.8 Å². The molecule has 0 aliphatic rings. The van der Waals surface area contributed by atoms with E-state index in [9.17, 15) is 9.59 Å². The van der Waals surface area contributed by atoms with Crippen LogP contribution in [0.1, 0.15) is 10.4 Å². The van der Waals surface area contributed by atoms with Crippen LogP contribution in [-0.4, -0.2) is 39.9 Å². The monoisotopic (exact) mass is 486 g/mol. The highest BCUT2D eigenvalue weighted by Gasteiger charge is 2.23. The van der Waals surface area contributed by atoms with E-state index >= 15 is 0 Å². The Kier molecular flexibility index (Phi) is 6.84. The van der Waals surface area contributed by atoms with Gasteiger partial charge in [0, 0.05) is 39.5 Å². The standard InChI is InChI=1S/C21H15ClN4O4S2/c1-29-20(28)17-14(13-4-2-3-5-15(13)22)10-31-19(17)24-16(27)11-32-21-26-25-18(30-21)12-6-8-23-9-7-12/h2-10H,11H2,1H3,(H,24,27). The highest BCUT2D eigenvalue weighted by Crippen LogP contribution is 2.39. The zero-order valence-electron chi connectivity index (χ0n) is 16.6. The molecule has 0 spiro atoms. The summed E-state index contributed by atoms with van der Waals surface area (Å²) in [5, 5.41) is 13.6. The minimum atomic E-state index is -0.567. The van der Waals surface area contributed by atoms with E-state index in [0.29, 0.717) is 27.0 Å². The fraction of sp³-hybridized carbons (Fsp3) is 0.0952. The summed E-state index contributed by atoms with van der Waals surface area (Å²) in [4.78, 5) is 28.9. The summed E-state index contributed by atoms with van der Waals surface area (Å²) >= 11 is 8.60. The molecule has 11 heteroatoms. The predicted molar refractivity (Wildman–Crippen MR) is 123 cm³/mol. The van der Waals surface area contributed by atoms with E-state index in [1.54, 1.807) is 48.1 Å². The molecule has 0 saturated carbocycles. The molecule has 0 radical (unpaired) electrons. The minimum absolute atomic E-state index is 0.0118. The van der Waals surface area contributed by atoms with E-state index in [-0.39, 0.29) is 22.4 Å². The predicted octanol–water partition coefficient (Wildman–Crippen LogP) is 5.03. The SMILES string of the molecule is COC(=O)c1c(-c2ccccc2Cl)csc1NC(=O)CSc1nnc(-c2ccncc2)o1. The summed E-state index contributed by atoms with van der Waals surface area (Å²) in [5.74, 6) is -0.553. The van der Waals surface area contributed by atoms with Crippen LogP contribution < -0.4 is 5.32 Å². The summed E-state index contributed by atoms with van der Waals surface area (Å²) in [6.07, 6.45) is 3.24. The summed E-state index contributed by atoms with van der Waals surface area (Å²) in [6.45, 7) is 0. The lowest BCUT2D eigenvalue weighted by atomic mass is 10.0. The zero-order valence-corrected chi connectivity index (χ0v) is 19.0. The number of thiophene rings is 1. The van der Waals surface area contributed by atoms with Crippen molar-refractivity contribution in [3.63, 3.8) is 0 Å². The second-order valence-corrected chi connectivity index (χ2v) is 8.48. The third-order valence-electron chi connectivity index (χ3n) is 4.26. The maximum absolute atomic E-state index is 12.5. The zero-order chi connectivity index (χ0) is 22.5. The second-order valence-electron chi connectivity index (χ2n) is 6.27. The first-order valence-corrected chi connectivity index (χ1v) is 11.4. The molecule has 0 atom stereocenters. The number of amides is 1. The number of hydrogen-bond acceptors (Lipinski definition) is 9. The van der Waals surface area contributed by atoms with Gasteiger partial charge in [0.05, 0.1) is 12.9 Å². The maximum Gasteiger partial charge on any atom is 0.341 e. The molecule has 0 fully saturated rings. The number of esters is 1. The van der Waals surface area contributed by atoms with Gasteiger partial charge in [-0.05, 0) is 18.2 Å². The molecule has 3 heterocycles. The lowest BCUT2D eigenvalue weighted by Gasteiger charge is -2.08. The van der Waals surface area contributed by atoms with Crippen LogP contribution in [0.15, 0.2) is 63.8 Å². The fourth-order valence-electron chi connectivity index (χ4n) is 2.80. The van der Waals surface area contributed by atoms with E-state index in [1.807, 2.05) is 6.07 Å². The summed E-state index contributed by atoms with van der Waals surface area (Å²) in [6, 6.07) is 10.6. The fourth-order valence-corrected chi connectivity index (χ4v) is 4.57. The topological polar surface area (TPSA) is 107 Å². The van der Waals surface area contributed by atoms with Crippen LogP contribution in [0.4, 0.5) is 5.00 Å². The van der Waals surface area contributed by atoms with Crippen molar-refractivity contribution in [2.45, 2.75) is 5.22 Å². The second kappa shape index (κ2) is 9.94. The maximum atomic E-state index is 12.5. The first kappa shape index (κ1) is 22.0. The van der Waals surface area contributed by atoms with Gasteiger partial charge in [-0.1, -0.05) is 41.6 Å². The molecule has 32 heavy (non-hydrogen) atoms. The molecule has 162 valence electrons. The van der Waals surface area contributed by atoms with Crippen molar-refractivity contribution in [1.29, 1.82) is 0 Å². The number of ether oxygens (including phenoxy) is 1. The molecule has 0 aliphatic carbocycles. The largest absolute Gasteiger partial charge is 0.465 e. The van der Waals surface area contributed by atoms with E-state index < -0.39 is 5.97 Å². The number of aromatic nitrogens is 3. The normalized spacial score (nSPS) is 10.7. The average Bonchev–Trinajstić information content (AvgIpc) is 3.45. The molecule has 1 N–H and O–H groups in total. The van der Waals surface area contributed by atoms with E-state index in [2.05, 4.69) is 20.5 Å². The van der Waals surface area contributed by atoms with Crippen molar-refractivity contribution < 1.29 is 18.7 Å². The van der Waals surface area contributed by atoms with Crippen LogP contribution in [0.3, 0.4) is 0 Å². The quantitative estimate of drug-likeness (QED) is 0.286. The Balaban J connectivity index is 1.47. The molecule has 4 rings (SSSR count). The summed E-state index contributed by atoms with van der Waals surface area (Å²) in [7, 11) is 1.29. The van der Waals surface area contributed by atoms with Gasteiger partial charge in [0.25, 0.3) is 5.22 Å². The van der Waals surface area contributed by atoms with E-state index in [1.165, 1.54) is 18.4 Å². The highest BCUT2D eigenvalue weighted by atomic mass is 35.5. The number of benzene rings is 1. The molecule has 3 aromatic heterocycles. The van der Waals surface area contributed by atoms with Crippen LogP contribution in [0.25, 0.3) is 22.6 Å². The number of hydrogen-bond donors (Lipinski definition) is 1. The third-order valence-corrected chi connectivity index (χ3v) is 6.30. The van der Waals surface area contributed by atoms with Gasteiger partial charge in [-0.3, -0.25) is 9.78 Å². The molecular weight excluding hydrogens is 472 g/mol. The molecule has 8 nitrogen and oxygen atoms in total. The Labute approximate surface area is 196 Å². The number of pyridine rings is 1. The van der Waals surface area contributed by atoms with Crippen LogP contribution in [-0.2, 0) is 9.53 Å². The molecule has 1 amide bonds. The molecule has 0 saturated heterocycles. The smallest absolute Gasteiger partial charge is 0.341 e. The van der Waals surface area contributed by atoms with Gasteiger partial charge in [-0.15, -0.1) is 21.5 Å². The summed E-state index contributed by atoms with van der Waals surface area (Å²) < 4.78 is 10.5. The van der Waals surface area contributed by atoms with Crippen molar-refractivity contribution in [2.75, 3.05) is 18.2 Å². The van der Waals surface area contributed by atoms with Crippen molar-refractivity contribution >= 4 is 51.6 Å². The Bertz CT molecular complexity index is 1260. The number of nitrogens with zero attached hydrogens (tertiary/aromatic N) is 3. The average molecular weight is 487 g/mol. The lowest BCUT2D eigenvalue weighted by Crippen LogP contribution is -2.16. The Morgan fingerprint density at radius 2 is 1.94 bits per heavy atom. The van der Waals surface area contributed by atoms with Gasteiger partial charge in [-0.2, -0.15) is 0 Å². The van der Waals surface area contributed by atoms with Crippen molar-refractivity contribution in [3.8, 4) is 22.6 Å². The summed E-state index contributed by atoms with van der Waals surface area (Å²) in [5.41, 5.74) is 2.25. The first-order chi connectivity index (χ1) is 15.6. The molecular formula is C21H15ClN4O4S2. The van der Waals surface area contributed by atoms with Gasteiger partial charge in [0.1, 0.15) is 10.6 Å². The minimum Gasteiger partial charge on any atom is -0.465 e. The highest BCUT2D eigenvalue weighted by molar-refractivity contribution is 7.99. The van der Waals surface area contributed by atoms with Crippen LogP contribution >= 0.6 is 34.7 Å². The lowest BCUT2D eigenvalue weighted by molar-refractivity contribution is -0.113. The molecule has 0 aliphatic heterocycles. The molecule has 1 aromatic carbocycles. The number of anilines is 1. The number of methoxy groups -OCH3 is 1. The third kappa shape index (κ3) is 4.82. The molecule has 0 bridgehead atoms. The van der Waals surface area contributed by atoms with Gasteiger partial charge in [-0.25, -0.2) is 4.79 Å². The number of thioether (sulfide) groups is 1.